The summed E-state index contributed by atoms with van der Waals surface area (Å²) in [5, 5.41) is 6.13. The molecule has 0 bridgehead atoms. The highest BCUT2D eigenvalue weighted by Gasteiger charge is 2.09. The Morgan fingerprint density at radius 2 is 2.27 bits per heavy atom. The Bertz CT molecular complexity index is 465. The van der Waals surface area contributed by atoms with Crippen LogP contribution in [0.1, 0.15) is 16.2 Å². The molecule has 0 aliphatic carbocycles. The van der Waals surface area contributed by atoms with E-state index in [1.165, 1.54) is 12.3 Å². The van der Waals surface area contributed by atoms with Crippen LogP contribution in [0.4, 0.5) is 5.69 Å². The molecule has 0 saturated heterocycles. The molecule has 0 atom stereocenters. The predicted molar refractivity (Wildman–Crippen MR) is 53.4 cm³/mol. The summed E-state index contributed by atoms with van der Waals surface area (Å²) in [6.07, 6.45) is 3.05. The average molecular weight is 203 g/mol. The summed E-state index contributed by atoms with van der Waals surface area (Å²) in [5.41, 5.74) is 1.52. The molecule has 0 aliphatic heterocycles. The lowest BCUT2D eigenvalue weighted by molar-refractivity contribution is 0.0988. The number of amides is 1. The van der Waals surface area contributed by atoms with Gasteiger partial charge in [-0.15, -0.1) is 0 Å². The van der Waals surface area contributed by atoms with Crippen molar-refractivity contribution in [1.29, 1.82) is 0 Å². The van der Waals surface area contributed by atoms with Crippen molar-refractivity contribution in [2.24, 2.45) is 0 Å². The van der Waals surface area contributed by atoms with Crippen molar-refractivity contribution in [1.82, 2.24) is 10.1 Å². The van der Waals surface area contributed by atoms with Gasteiger partial charge in [0.15, 0.2) is 0 Å². The van der Waals surface area contributed by atoms with Crippen LogP contribution >= 0.6 is 0 Å². The highest BCUT2D eigenvalue weighted by molar-refractivity contribution is 6.02. The van der Waals surface area contributed by atoms with Crippen molar-refractivity contribution in [2.45, 2.75) is 6.92 Å². The lowest BCUT2D eigenvalue weighted by Gasteiger charge is -2.02. The van der Waals surface area contributed by atoms with Crippen LogP contribution in [0.25, 0.3) is 0 Å². The van der Waals surface area contributed by atoms with Crippen LogP contribution in [0.15, 0.2) is 35.1 Å². The second-order valence-corrected chi connectivity index (χ2v) is 3.02. The van der Waals surface area contributed by atoms with Crippen LogP contribution in [0, 0.1) is 6.92 Å². The molecule has 2 rings (SSSR count). The molecule has 0 radical (unpaired) electrons. The number of rotatable bonds is 2. The van der Waals surface area contributed by atoms with Crippen molar-refractivity contribution in [2.75, 3.05) is 5.32 Å². The zero-order chi connectivity index (χ0) is 10.7. The van der Waals surface area contributed by atoms with Gasteiger partial charge in [0.1, 0.15) is 0 Å². The average Bonchev–Trinajstić information content (AvgIpc) is 2.70. The predicted octanol–water partition coefficient (Wildman–Crippen LogP) is 1.63. The third kappa shape index (κ3) is 2.19. The van der Waals surface area contributed by atoms with Gasteiger partial charge in [0.05, 0.1) is 6.20 Å². The maximum Gasteiger partial charge on any atom is 0.294 e. The third-order valence-electron chi connectivity index (χ3n) is 1.82. The number of carbonyl (C=O) groups excluding carboxylic acids is 1. The van der Waals surface area contributed by atoms with Gasteiger partial charge in [-0.3, -0.25) is 9.78 Å². The van der Waals surface area contributed by atoms with Gasteiger partial charge in [-0.05, 0) is 19.1 Å². The lowest BCUT2D eigenvalue weighted by Crippen LogP contribution is -2.10. The van der Waals surface area contributed by atoms with Gasteiger partial charge < -0.3 is 9.84 Å². The fourth-order valence-corrected chi connectivity index (χ4v) is 1.15. The summed E-state index contributed by atoms with van der Waals surface area (Å²) in [6.45, 7) is 1.85. The SMILES string of the molecule is Cc1cc(NC(=O)c2ccno2)ccn1. The number of aromatic nitrogens is 2. The van der Waals surface area contributed by atoms with E-state index in [2.05, 4.69) is 15.5 Å². The van der Waals surface area contributed by atoms with Gasteiger partial charge in [0, 0.05) is 23.6 Å². The zero-order valence-electron chi connectivity index (χ0n) is 8.10. The largest absolute Gasteiger partial charge is 0.351 e. The molecule has 0 saturated carbocycles. The molecular weight excluding hydrogens is 194 g/mol. The molecule has 0 unspecified atom stereocenters. The van der Waals surface area contributed by atoms with Gasteiger partial charge in [-0.2, -0.15) is 0 Å². The summed E-state index contributed by atoms with van der Waals surface area (Å²) in [6, 6.07) is 4.99. The number of nitrogens with one attached hydrogen (secondary N) is 1. The Hall–Kier alpha value is -2.17. The molecule has 0 spiro atoms. The summed E-state index contributed by atoms with van der Waals surface area (Å²) in [7, 11) is 0. The number of hydrogen-bond acceptors (Lipinski definition) is 4. The minimum atomic E-state index is -0.321. The normalized spacial score (nSPS) is 9.93. The van der Waals surface area contributed by atoms with Gasteiger partial charge in [-0.1, -0.05) is 5.16 Å². The van der Waals surface area contributed by atoms with E-state index in [9.17, 15) is 4.79 Å². The molecular formula is C10H9N3O2. The van der Waals surface area contributed by atoms with E-state index in [1.807, 2.05) is 6.92 Å². The van der Waals surface area contributed by atoms with Crippen LogP contribution in [-0.4, -0.2) is 16.0 Å². The fourth-order valence-electron chi connectivity index (χ4n) is 1.15. The third-order valence-corrected chi connectivity index (χ3v) is 1.82. The minimum absolute atomic E-state index is 0.185. The van der Waals surface area contributed by atoms with Crippen molar-refractivity contribution in [3.63, 3.8) is 0 Å². The Kier molecular flexibility index (Phi) is 2.45. The fraction of sp³-hybridized carbons (Fsp3) is 0.100. The van der Waals surface area contributed by atoms with Gasteiger partial charge in [-0.25, -0.2) is 0 Å². The van der Waals surface area contributed by atoms with Crippen LogP contribution in [0.2, 0.25) is 0 Å². The quantitative estimate of drug-likeness (QED) is 0.805. The molecule has 0 fully saturated rings. The van der Waals surface area contributed by atoms with Crippen LogP contribution in [-0.2, 0) is 0 Å². The monoisotopic (exact) mass is 203 g/mol. The molecule has 1 N–H and O–H groups in total. The van der Waals surface area contributed by atoms with E-state index in [0.717, 1.165) is 5.69 Å². The van der Waals surface area contributed by atoms with Gasteiger partial charge >= 0.3 is 0 Å². The second-order valence-electron chi connectivity index (χ2n) is 3.02. The minimum Gasteiger partial charge on any atom is -0.351 e. The standard InChI is InChI=1S/C10H9N3O2/c1-7-6-8(2-4-11-7)13-10(14)9-3-5-12-15-9/h2-6H,1H3,(H,11,13,14). The van der Waals surface area contributed by atoms with E-state index >= 15 is 0 Å². The van der Waals surface area contributed by atoms with E-state index in [0.29, 0.717) is 5.69 Å². The molecule has 76 valence electrons. The van der Waals surface area contributed by atoms with Crippen molar-refractivity contribution >= 4 is 11.6 Å². The van der Waals surface area contributed by atoms with Crippen molar-refractivity contribution in [3.05, 3.63) is 42.0 Å². The molecule has 1 amide bonds. The highest BCUT2D eigenvalue weighted by atomic mass is 16.5. The number of aryl methyl sites for hydroxylation is 1. The van der Waals surface area contributed by atoms with Gasteiger partial charge in [0.25, 0.3) is 5.91 Å². The summed E-state index contributed by atoms with van der Waals surface area (Å²) >= 11 is 0. The molecule has 5 nitrogen and oxygen atoms in total. The first-order chi connectivity index (χ1) is 7.25. The highest BCUT2D eigenvalue weighted by Crippen LogP contribution is 2.09. The number of pyridine rings is 1. The molecule has 0 aliphatic rings. The number of hydrogen-bond donors (Lipinski definition) is 1. The molecule has 2 heterocycles. The first-order valence-electron chi connectivity index (χ1n) is 4.40. The van der Waals surface area contributed by atoms with Crippen molar-refractivity contribution < 1.29 is 9.32 Å². The first-order valence-corrected chi connectivity index (χ1v) is 4.40. The smallest absolute Gasteiger partial charge is 0.294 e. The summed E-state index contributed by atoms with van der Waals surface area (Å²) < 4.78 is 4.72. The molecule has 5 heteroatoms. The van der Waals surface area contributed by atoms with E-state index in [1.54, 1.807) is 18.3 Å². The van der Waals surface area contributed by atoms with Crippen LogP contribution in [0.3, 0.4) is 0 Å². The topological polar surface area (TPSA) is 68.0 Å². The Morgan fingerprint density at radius 1 is 1.40 bits per heavy atom. The van der Waals surface area contributed by atoms with Gasteiger partial charge in [0.2, 0.25) is 5.76 Å². The van der Waals surface area contributed by atoms with E-state index in [-0.39, 0.29) is 11.7 Å². The number of anilines is 1. The number of carbonyl (C=O) groups is 1. The Morgan fingerprint density at radius 3 is 2.93 bits per heavy atom. The Balaban J connectivity index is 2.13. The van der Waals surface area contributed by atoms with Crippen molar-refractivity contribution in [3.8, 4) is 0 Å². The first kappa shape index (κ1) is 9.39. The molecule has 0 aromatic carbocycles. The van der Waals surface area contributed by atoms with E-state index in [4.69, 9.17) is 4.52 Å². The Labute approximate surface area is 86.1 Å². The van der Waals surface area contributed by atoms with E-state index < -0.39 is 0 Å². The molecule has 2 aromatic rings. The maximum atomic E-state index is 11.5. The van der Waals surface area contributed by atoms with Crippen LogP contribution in [0.5, 0.6) is 0 Å². The zero-order valence-corrected chi connectivity index (χ0v) is 8.10. The lowest BCUT2D eigenvalue weighted by atomic mass is 10.3. The summed E-state index contributed by atoms with van der Waals surface area (Å²) in [4.78, 5) is 15.5. The maximum absolute atomic E-state index is 11.5. The molecule has 15 heavy (non-hydrogen) atoms. The summed E-state index contributed by atoms with van der Waals surface area (Å²) in [5.74, 6) is -0.137. The van der Waals surface area contributed by atoms with Crippen LogP contribution < -0.4 is 5.32 Å². The number of nitrogens with zero attached hydrogens (tertiary/aromatic N) is 2. The second kappa shape index (κ2) is 3.91. The molecule has 2 aromatic heterocycles.